The van der Waals surface area contributed by atoms with E-state index in [1.165, 1.54) is 148 Å². The predicted octanol–water partition coefficient (Wildman–Crippen LogP) is 21.0. The van der Waals surface area contributed by atoms with Gasteiger partial charge in [-0.05, 0) is 96.3 Å². The van der Waals surface area contributed by atoms with Gasteiger partial charge in [-0.1, -0.05) is 284 Å². The third-order valence-electron chi connectivity index (χ3n) is 13.7. The van der Waals surface area contributed by atoms with Crippen LogP contribution in [0.3, 0.4) is 0 Å². The van der Waals surface area contributed by atoms with E-state index in [1.54, 1.807) is 0 Å². The van der Waals surface area contributed by atoms with E-state index in [2.05, 4.69) is 123 Å². The van der Waals surface area contributed by atoms with Crippen molar-refractivity contribution < 1.29 is 37.6 Å². The van der Waals surface area contributed by atoms with Crippen LogP contribution >= 0.6 is 7.82 Å². The minimum atomic E-state index is -4.40. The molecule has 9 nitrogen and oxygen atoms in total. The smallest absolute Gasteiger partial charge is 0.462 e. The molecular formula is C69H120NO8P. The number of carbonyl (C=O) groups is 2. The molecule has 0 bridgehead atoms. The maximum absolute atomic E-state index is 12.7. The van der Waals surface area contributed by atoms with Gasteiger partial charge in [0.1, 0.15) is 6.61 Å². The zero-order valence-electron chi connectivity index (χ0n) is 50.8. The monoisotopic (exact) mass is 1120 g/mol. The first-order valence-corrected chi connectivity index (χ1v) is 33.9. The summed E-state index contributed by atoms with van der Waals surface area (Å²) in [5.74, 6) is -0.830. The molecule has 0 heterocycles. The molecule has 3 N–H and O–H groups in total. The molecule has 0 aliphatic rings. The molecule has 0 aliphatic carbocycles. The van der Waals surface area contributed by atoms with Crippen molar-refractivity contribution in [2.75, 3.05) is 26.4 Å². The summed E-state index contributed by atoms with van der Waals surface area (Å²) in [6.07, 6.45) is 87.3. The van der Waals surface area contributed by atoms with Crippen molar-refractivity contribution in [2.45, 2.75) is 290 Å². The van der Waals surface area contributed by atoms with Crippen LogP contribution in [-0.2, 0) is 32.7 Å². The lowest BCUT2D eigenvalue weighted by Gasteiger charge is -2.19. The largest absolute Gasteiger partial charge is 0.472 e. The Hall–Kier alpha value is -3.33. The van der Waals surface area contributed by atoms with Crippen LogP contribution in [-0.4, -0.2) is 49.3 Å². The Morgan fingerprint density at radius 2 is 0.658 bits per heavy atom. The lowest BCUT2D eigenvalue weighted by Crippen LogP contribution is -2.29. The van der Waals surface area contributed by atoms with Crippen molar-refractivity contribution in [1.29, 1.82) is 0 Å². The molecule has 0 aromatic heterocycles. The molecule has 0 rings (SSSR count). The number of esters is 2. The summed E-state index contributed by atoms with van der Waals surface area (Å²) in [5.41, 5.74) is 5.39. The van der Waals surface area contributed by atoms with Crippen LogP contribution in [0.15, 0.2) is 109 Å². The van der Waals surface area contributed by atoms with Crippen LogP contribution in [0.4, 0.5) is 0 Å². The fourth-order valence-corrected chi connectivity index (χ4v) is 9.72. The topological polar surface area (TPSA) is 134 Å². The molecule has 10 heteroatoms. The molecular weight excluding hydrogens is 1000 g/mol. The zero-order valence-corrected chi connectivity index (χ0v) is 51.7. The summed E-state index contributed by atoms with van der Waals surface area (Å²) in [6, 6.07) is 0. The molecule has 0 aromatic carbocycles. The number of ether oxygens (including phenoxy) is 2. The first-order chi connectivity index (χ1) is 38.8. The average molecular weight is 1120 g/mol. The Bertz CT molecular complexity index is 1660. The van der Waals surface area contributed by atoms with E-state index < -0.39 is 26.5 Å². The predicted molar refractivity (Wildman–Crippen MR) is 339 cm³/mol. The van der Waals surface area contributed by atoms with Gasteiger partial charge in [0, 0.05) is 19.4 Å². The van der Waals surface area contributed by atoms with E-state index in [0.29, 0.717) is 6.42 Å². The lowest BCUT2D eigenvalue weighted by atomic mass is 10.0. The van der Waals surface area contributed by atoms with Gasteiger partial charge in [-0.25, -0.2) is 4.57 Å². The number of unbranched alkanes of at least 4 members (excludes halogenated alkanes) is 29. The second kappa shape index (κ2) is 63.8. The molecule has 2 unspecified atom stereocenters. The summed E-state index contributed by atoms with van der Waals surface area (Å²) in [7, 11) is -4.40. The molecule has 2 atom stereocenters. The molecule has 0 saturated heterocycles. The standard InChI is InChI=1S/C69H120NO8P/c1-3-5-7-9-11-13-15-17-19-21-23-25-27-29-30-31-32-33-34-35-36-38-39-41-43-45-47-49-51-53-55-57-59-61-68(71)75-65-67(66-77-79(73,74)76-64-63-70)78-69(72)62-60-58-56-54-52-50-48-46-44-42-40-37-28-26-24-22-20-18-16-14-12-10-8-6-4-2/h5-8,11-14,17-20,23-26,37,40,67H,3-4,9-10,15-16,21-22,27-36,38-39,41-66,70H2,1-2H3,(H,73,74)/b7-5-,8-6-,13-11-,14-12-,19-17-,20-18-,25-23-,26-24-,40-37-. The summed E-state index contributed by atoms with van der Waals surface area (Å²) in [6.45, 7) is 3.53. The molecule has 0 fully saturated rings. The first kappa shape index (κ1) is 75.7. The zero-order chi connectivity index (χ0) is 57.3. The van der Waals surface area contributed by atoms with Crippen molar-refractivity contribution >= 4 is 19.8 Å². The van der Waals surface area contributed by atoms with Gasteiger partial charge in [0.15, 0.2) is 6.10 Å². The maximum atomic E-state index is 12.7. The third-order valence-corrected chi connectivity index (χ3v) is 14.6. The third kappa shape index (κ3) is 63.7. The number of nitrogens with two attached hydrogens (primary N) is 1. The van der Waals surface area contributed by atoms with Gasteiger partial charge in [0.2, 0.25) is 0 Å². The Labute approximate surface area is 486 Å². The number of phosphoric ester groups is 1. The number of hydrogen-bond acceptors (Lipinski definition) is 8. The number of carbonyl (C=O) groups excluding carboxylic acids is 2. The second-order valence-corrected chi connectivity index (χ2v) is 22.7. The SMILES string of the molecule is CC/C=C\C/C=C\C/C=C\C/C=C\C/C=C\CCCCCCCCCCCC(=O)OC(COC(=O)CCCCCCCCCCCCCCCCCCCCCC/C=C\C/C=C\C/C=C\C/C=C\CC)COP(=O)(O)OCCN. The van der Waals surface area contributed by atoms with Crippen molar-refractivity contribution in [3.05, 3.63) is 109 Å². The summed E-state index contributed by atoms with van der Waals surface area (Å²) < 4.78 is 33.1. The van der Waals surface area contributed by atoms with Crippen LogP contribution in [0.2, 0.25) is 0 Å². The highest BCUT2D eigenvalue weighted by molar-refractivity contribution is 7.47. The van der Waals surface area contributed by atoms with Crippen LogP contribution in [0.25, 0.3) is 0 Å². The van der Waals surface area contributed by atoms with Gasteiger partial charge < -0.3 is 20.1 Å². The lowest BCUT2D eigenvalue weighted by molar-refractivity contribution is -0.161. The fraction of sp³-hybridized carbons (Fsp3) is 0.710. The summed E-state index contributed by atoms with van der Waals surface area (Å²) in [4.78, 5) is 35.3. The van der Waals surface area contributed by atoms with E-state index in [0.717, 1.165) is 103 Å². The van der Waals surface area contributed by atoms with Gasteiger partial charge in [0.25, 0.3) is 0 Å². The summed E-state index contributed by atoms with van der Waals surface area (Å²) in [5, 5.41) is 0. The Morgan fingerprint density at radius 3 is 0.975 bits per heavy atom. The van der Waals surface area contributed by atoms with Crippen LogP contribution in [0, 0.1) is 0 Å². The van der Waals surface area contributed by atoms with Crippen molar-refractivity contribution in [3.63, 3.8) is 0 Å². The van der Waals surface area contributed by atoms with E-state index in [-0.39, 0.29) is 38.6 Å². The van der Waals surface area contributed by atoms with E-state index >= 15 is 0 Å². The van der Waals surface area contributed by atoms with Crippen molar-refractivity contribution in [3.8, 4) is 0 Å². The van der Waals surface area contributed by atoms with Gasteiger partial charge in [-0.3, -0.25) is 18.6 Å². The highest BCUT2D eigenvalue weighted by Crippen LogP contribution is 2.43. The number of phosphoric acid groups is 1. The minimum absolute atomic E-state index is 0.0489. The quantitative estimate of drug-likeness (QED) is 0.0264. The molecule has 79 heavy (non-hydrogen) atoms. The normalized spacial score (nSPS) is 13.7. The molecule has 0 spiro atoms. The molecule has 0 amide bonds. The van der Waals surface area contributed by atoms with Crippen LogP contribution in [0.1, 0.15) is 284 Å². The number of hydrogen-bond donors (Lipinski definition) is 2. The molecule has 0 aliphatic heterocycles. The molecule has 0 aromatic rings. The van der Waals surface area contributed by atoms with Crippen LogP contribution < -0.4 is 5.73 Å². The highest BCUT2D eigenvalue weighted by Gasteiger charge is 2.26. The van der Waals surface area contributed by atoms with Crippen LogP contribution in [0.5, 0.6) is 0 Å². The van der Waals surface area contributed by atoms with Crippen molar-refractivity contribution in [2.24, 2.45) is 5.73 Å². The highest BCUT2D eigenvalue weighted by atomic mass is 31.2. The fourth-order valence-electron chi connectivity index (χ4n) is 8.95. The van der Waals surface area contributed by atoms with Gasteiger partial charge in [-0.15, -0.1) is 0 Å². The molecule has 0 saturated carbocycles. The Morgan fingerprint density at radius 1 is 0.380 bits per heavy atom. The number of allylic oxidation sites excluding steroid dienone is 18. The van der Waals surface area contributed by atoms with Gasteiger partial charge in [-0.2, -0.15) is 0 Å². The number of rotatable bonds is 60. The molecule has 454 valence electrons. The Kier molecular flexibility index (Phi) is 61.2. The van der Waals surface area contributed by atoms with E-state index in [1.807, 2.05) is 0 Å². The minimum Gasteiger partial charge on any atom is -0.462 e. The average Bonchev–Trinajstić information content (AvgIpc) is 3.44. The maximum Gasteiger partial charge on any atom is 0.472 e. The molecule has 0 radical (unpaired) electrons. The van der Waals surface area contributed by atoms with Gasteiger partial charge in [0.05, 0.1) is 13.2 Å². The van der Waals surface area contributed by atoms with Crippen molar-refractivity contribution in [1.82, 2.24) is 0 Å². The Balaban J connectivity index is 3.90. The van der Waals surface area contributed by atoms with Gasteiger partial charge >= 0.3 is 19.8 Å². The van der Waals surface area contributed by atoms with E-state index in [9.17, 15) is 19.0 Å². The summed E-state index contributed by atoms with van der Waals surface area (Å²) >= 11 is 0. The first-order valence-electron chi connectivity index (χ1n) is 32.4. The second-order valence-electron chi connectivity index (χ2n) is 21.2. The van der Waals surface area contributed by atoms with E-state index in [4.69, 9.17) is 24.3 Å².